The summed E-state index contributed by atoms with van der Waals surface area (Å²) in [7, 11) is 1.04. The third-order valence-electron chi connectivity index (χ3n) is 8.03. The highest BCUT2D eigenvalue weighted by atomic mass is 16.7. The van der Waals surface area contributed by atoms with Crippen LogP contribution in [0.3, 0.4) is 0 Å². The predicted molar refractivity (Wildman–Crippen MR) is 131 cm³/mol. The van der Waals surface area contributed by atoms with Crippen LogP contribution < -0.4 is 0 Å². The number of carbonyl (C=O) groups is 3. The van der Waals surface area contributed by atoms with E-state index in [1.54, 1.807) is 0 Å². The van der Waals surface area contributed by atoms with Gasteiger partial charge in [-0.15, -0.1) is 0 Å². The SMILES string of the molecule is CC[C@@]1(O)C[C@H](O[C@@H]2O[C@@H](CO)[C@@H](O)[C@H]2O)c2c(O)c3c(c(O)c2[C@H]1C(=O)OC)C(=O)c1cccc(O)c1C3=O. The van der Waals surface area contributed by atoms with Crippen molar-refractivity contribution in [1.29, 1.82) is 0 Å². The molecular formula is C27H28O13. The first-order chi connectivity index (χ1) is 18.9. The molecule has 2 aromatic rings. The molecule has 2 aromatic carbocycles. The Bertz CT molecular complexity index is 1420. The van der Waals surface area contributed by atoms with E-state index in [-0.39, 0.29) is 17.5 Å². The largest absolute Gasteiger partial charge is 0.507 e. The van der Waals surface area contributed by atoms with E-state index in [0.717, 1.165) is 7.11 Å². The van der Waals surface area contributed by atoms with E-state index in [9.17, 15) is 50.1 Å². The van der Waals surface area contributed by atoms with E-state index in [0.29, 0.717) is 0 Å². The average Bonchev–Trinajstić information content (AvgIpc) is 3.20. The van der Waals surface area contributed by atoms with Crippen molar-refractivity contribution in [2.75, 3.05) is 13.7 Å². The Kier molecular flexibility index (Phi) is 6.85. The van der Waals surface area contributed by atoms with E-state index >= 15 is 0 Å². The maximum Gasteiger partial charge on any atom is 0.316 e. The van der Waals surface area contributed by atoms with Gasteiger partial charge in [-0.25, -0.2) is 0 Å². The van der Waals surface area contributed by atoms with Gasteiger partial charge in [0.15, 0.2) is 12.1 Å². The molecule has 13 heteroatoms. The lowest BCUT2D eigenvalue weighted by Gasteiger charge is -2.44. The predicted octanol–water partition coefficient (Wildman–Crippen LogP) is -0.123. The molecule has 1 heterocycles. The summed E-state index contributed by atoms with van der Waals surface area (Å²) in [5.41, 5.74) is -4.72. The molecule has 0 unspecified atom stereocenters. The molecule has 5 rings (SSSR count). The van der Waals surface area contributed by atoms with Crippen LogP contribution >= 0.6 is 0 Å². The summed E-state index contributed by atoms with van der Waals surface area (Å²) in [4.78, 5) is 40.1. The number of esters is 1. The van der Waals surface area contributed by atoms with Crippen LogP contribution in [0.15, 0.2) is 18.2 Å². The lowest BCUT2D eigenvalue weighted by Crippen LogP contribution is -2.47. The van der Waals surface area contributed by atoms with Crippen molar-refractivity contribution in [2.24, 2.45) is 0 Å². The normalized spacial score (nSPS) is 30.9. The Balaban J connectivity index is 1.77. The van der Waals surface area contributed by atoms with Gasteiger partial charge in [-0.3, -0.25) is 14.4 Å². The fraction of sp³-hybridized carbons (Fsp3) is 0.444. The van der Waals surface area contributed by atoms with Crippen molar-refractivity contribution < 1.29 is 64.3 Å². The van der Waals surface area contributed by atoms with Gasteiger partial charge in [-0.2, -0.15) is 0 Å². The molecular weight excluding hydrogens is 532 g/mol. The van der Waals surface area contributed by atoms with Crippen LogP contribution in [0, 0.1) is 0 Å². The van der Waals surface area contributed by atoms with Gasteiger partial charge in [-0.05, 0) is 12.5 Å². The molecule has 1 fully saturated rings. The van der Waals surface area contributed by atoms with Gasteiger partial charge < -0.3 is 50.0 Å². The summed E-state index contributed by atoms with van der Waals surface area (Å²) >= 11 is 0. The Morgan fingerprint density at radius 2 is 1.68 bits per heavy atom. The molecule has 0 radical (unpaired) electrons. The van der Waals surface area contributed by atoms with Crippen LogP contribution in [0.2, 0.25) is 0 Å². The number of hydrogen-bond acceptors (Lipinski definition) is 13. The number of ether oxygens (including phenoxy) is 3. The third kappa shape index (κ3) is 3.81. The van der Waals surface area contributed by atoms with Gasteiger partial charge in [0.25, 0.3) is 0 Å². The minimum absolute atomic E-state index is 0.108. The van der Waals surface area contributed by atoms with E-state index in [1.807, 2.05) is 0 Å². The molecule has 13 nitrogen and oxygen atoms in total. The van der Waals surface area contributed by atoms with E-state index in [1.165, 1.54) is 25.1 Å². The Morgan fingerprint density at radius 1 is 1.02 bits per heavy atom. The molecule has 1 aliphatic heterocycles. The fourth-order valence-electron chi connectivity index (χ4n) is 5.92. The molecule has 0 bridgehead atoms. The number of rotatable bonds is 5. The maximum absolute atomic E-state index is 13.5. The Hall–Kier alpha value is -3.59. The van der Waals surface area contributed by atoms with Gasteiger partial charge in [0.05, 0.1) is 42.1 Å². The Morgan fingerprint density at radius 3 is 2.27 bits per heavy atom. The molecule has 1 saturated heterocycles. The molecule has 0 aromatic heterocycles. The number of phenolic OH excluding ortho intramolecular Hbond substituents is 3. The quantitative estimate of drug-likeness (QED) is 0.160. The summed E-state index contributed by atoms with van der Waals surface area (Å²) in [6.07, 6.45) is -8.07. The highest BCUT2D eigenvalue weighted by molar-refractivity contribution is 6.31. The third-order valence-corrected chi connectivity index (χ3v) is 8.03. The summed E-state index contributed by atoms with van der Waals surface area (Å²) in [5, 5.41) is 75.0. The highest BCUT2D eigenvalue weighted by Gasteiger charge is 2.55. The highest BCUT2D eigenvalue weighted by Crippen LogP contribution is 2.57. The number of phenols is 3. The van der Waals surface area contributed by atoms with Gasteiger partial charge in [-0.1, -0.05) is 19.1 Å². The van der Waals surface area contributed by atoms with E-state index in [4.69, 9.17) is 14.2 Å². The second kappa shape index (κ2) is 9.80. The maximum atomic E-state index is 13.5. The smallest absolute Gasteiger partial charge is 0.316 e. The number of aliphatic hydroxyl groups excluding tert-OH is 3. The van der Waals surface area contributed by atoms with Gasteiger partial charge >= 0.3 is 5.97 Å². The Labute approximate surface area is 226 Å². The zero-order chi connectivity index (χ0) is 29.3. The van der Waals surface area contributed by atoms with Crippen molar-refractivity contribution in [1.82, 2.24) is 0 Å². The van der Waals surface area contributed by atoms with E-state index < -0.39 is 112 Å². The molecule has 0 spiro atoms. The number of hydrogen-bond donors (Lipinski definition) is 7. The second-order valence-corrected chi connectivity index (χ2v) is 10.1. The minimum Gasteiger partial charge on any atom is -0.507 e. The molecule has 40 heavy (non-hydrogen) atoms. The second-order valence-electron chi connectivity index (χ2n) is 10.1. The van der Waals surface area contributed by atoms with Crippen molar-refractivity contribution in [3.05, 3.63) is 51.6 Å². The number of benzene rings is 2. The van der Waals surface area contributed by atoms with Crippen LogP contribution in [0.1, 0.15) is 74.8 Å². The number of methoxy groups -OCH3 is 1. The summed E-state index contributed by atoms with van der Waals surface area (Å²) < 4.78 is 16.1. The first-order valence-electron chi connectivity index (χ1n) is 12.5. The number of ketones is 2. The van der Waals surface area contributed by atoms with Gasteiger partial charge in [0.1, 0.15) is 41.5 Å². The van der Waals surface area contributed by atoms with Crippen LogP contribution in [-0.4, -0.2) is 97.2 Å². The van der Waals surface area contributed by atoms with Crippen molar-refractivity contribution in [3.8, 4) is 17.2 Å². The monoisotopic (exact) mass is 560 g/mol. The first kappa shape index (κ1) is 28.0. The number of carbonyl (C=O) groups excluding carboxylic acids is 3. The van der Waals surface area contributed by atoms with Gasteiger partial charge in [0, 0.05) is 23.1 Å². The zero-order valence-corrected chi connectivity index (χ0v) is 21.4. The van der Waals surface area contributed by atoms with Crippen LogP contribution in [0.4, 0.5) is 0 Å². The lowest BCUT2D eigenvalue weighted by molar-refractivity contribution is -0.211. The van der Waals surface area contributed by atoms with Crippen molar-refractivity contribution in [2.45, 2.75) is 62.0 Å². The summed E-state index contributed by atoms with van der Waals surface area (Å²) in [6.45, 7) is 0.870. The fourth-order valence-corrected chi connectivity index (χ4v) is 5.92. The zero-order valence-electron chi connectivity index (χ0n) is 21.4. The number of aliphatic hydroxyl groups is 4. The lowest BCUT2D eigenvalue weighted by atomic mass is 9.66. The average molecular weight is 561 g/mol. The standard InChI is InChI=1S/C27H28O13/c1-3-27(37)7-11(39-26-24(35)20(31)12(8-28)40-26)14-15(18(27)25(36)38-2)23(34)16-17(22(14)33)21(32)13-9(19(16)30)5-4-6-10(13)29/h4-6,11-12,18,20,24,26,28-29,31,33-35,37H,3,7-8H2,1-2H3/t11-,12-,18-,20+,24+,26+,27+/m0/s1. The summed E-state index contributed by atoms with van der Waals surface area (Å²) in [6, 6.07) is 3.74. The molecule has 7 N–H and O–H groups in total. The molecule has 7 atom stereocenters. The number of fused-ring (bicyclic) bond motifs is 3. The van der Waals surface area contributed by atoms with Crippen molar-refractivity contribution in [3.63, 3.8) is 0 Å². The number of aromatic hydroxyl groups is 3. The molecule has 0 amide bonds. The molecule has 0 saturated carbocycles. The topological polar surface area (TPSA) is 221 Å². The minimum atomic E-state index is -1.99. The van der Waals surface area contributed by atoms with E-state index in [2.05, 4.69) is 0 Å². The van der Waals surface area contributed by atoms with Gasteiger partial charge in [0.2, 0.25) is 5.78 Å². The molecule has 2 aliphatic carbocycles. The molecule has 214 valence electrons. The van der Waals surface area contributed by atoms with Crippen LogP contribution in [0.25, 0.3) is 0 Å². The first-order valence-corrected chi connectivity index (χ1v) is 12.5. The summed E-state index contributed by atoms with van der Waals surface area (Å²) in [5.74, 6) is -6.86. The van der Waals surface area contributed by atoms with Crippen LogP contribution in [0.5, 0.6) is 17.2 Å². The van der Waals surface area contributed by atoms with Crippen molar-refractivity contribution >= 4 is 17.5 Å². The molecule has 3 aliphatic rings. The van der Waals surface area contributed by atoms with Crippen LogP contribution in [-0.2, 0) is 19.0 Å².